The van der Waals surface area contributed by atoms with Crippen molar-refractivity contribution < 1.29 is 14.3 Å². The van der Waals surface area contributed by atoms with Gasteiger partial charge in [-0.2, -0.15) is 0 Å². The van der Waals surface area contributed by atoms with Crippen LogP contribution in [0.2, 0.25) is 0 Å². The van der Waals surface area contributed by atoms with Crippen molar-refractivity contribution in [1.29, 1.82) is 0 Å². The Morgan fingerprint density at radius 3 is 2.77 bits per heavy atom. The van der Waals surface area contributed by atoms with Crippen LogP contribution in [0.3, 0.4) is 0 Å². The van der Waals surface area contributed by atoms with E-state index in [0.29, 0.717) is 50.7 Å². The predicted molar refractivity (Wildman–Crippen MR) is 97.6 cm³/mol. The Kier molecular flexibility index (Phi) is 6.05. The molecule has 2 fully saturated rings. The van der Waals surface area contributed by atoms with Crippen LogP contribution < -0.4 is 11.1 Å². The van der Waals surface area contributed by atoms with Crippen LogP contribution in [0.1, 0.15) is 29.6 Å². The number of anilines is 1. The van der Waals surface area contributed by atoms with Crippen LogP contribution in [0.15, 0.2) is 18.3 Å². The fourth-order valence-electron chi connectivity index (χ4n) is 3.63. The molecule has 0 saturated carbocycles. The van der Waals surface area contributed by atoms with Crippen LogP contribution in [0.4, 0.5) is 5.82 Å². The molecule has 0 aliphatic carbocycles. The number of nitrogens with zero attached hydrogens (tertiary/aromatic N) is 3. The van der Waals surface area contributed by atoms with Crippen LogP contribution in [0.5, 0.6) is 0 Å². The van der Waals surface area contributed by atoms with Gasteiger partial charge in [-0.15, -0.1) is 0 Å². The lowest BCUT2D eigenvalue weighted by Gasteiger charge is -2.30. The summed E-state index contributed by atoms with van der Waals surface area (Å²) in [5.74, 6) is 0.375. The number of aromatic nitrogens is 1. The van der Waals surface area contributed by atoms with Crippen molar-refractivity contribution in [2.45, 2.75) is 31.3 Å². The first-order chi connectivity index (χ1) is 12.5. The molecule has 3 rings (SSSR count). The third-order valence-electron chi connectivity index (χ3n) is 5.30. The van der Waals surface area contributed by atoms with E-state index in [1.165, 1.54) is 6.20 Å². The van der Waals surface area contributed by atoms with Crippen LogP contribution in [-0.4, -0.2) is 78.6 Å². The van der Waals surface area contributed by atoms with Crippen molar-refractivity contribution in [3.63, 3.8) is 0 Å². The van der Waals surface area contributed by atoms with E-state index in [1.54, 1.807) is 12.1 Å². The summed E-state index contributed by atoms with van der Waals surface area (Å²) in [6, 6.07) is 3.68. The highest BCUT2D eigenvalue weighted by Gasteiger charge is 2.33. The number of hydrogen-bond acceptors (Lipinski definition) is 6. The molecule has 142 valence electrons. The molecule has 1 aromatic rings. The molecule has 0 unspecified atom stereocenters. The maximum Gasteiger partial charge on any atom is 0.251 e. The summed E-state index contributed by atoms with van der Waals surface area (Å²) in [5.41, 5.74) is 6.13. The molecule has 0 bridgehead atoms. The van der Waals surface area contributed by atoms with Gasteiger partial charge in [-0.3, -0.25) is 14.5 Å². The summed E-state index contributed by atoms with van der Waals surface area (Å²) in [5, 5.41) is 2.96. The molecular formula is C18H27N5O3. The van der Waals surface area contributed by atoms with Gasteiger partial charge in [0.25, 0.3) is 5.91 Å². The first kappa shape index (κ1) is 18.6. The Morgan fingerprint density at radius 2 is 2.04 bits per heavy atom. The Balaban J connectivity index is 1.47. The maximum atomic E-state index is 12.4. The molecule has 0 aromatic carbocycles. The van der Waals surface area contributed by atoms with E-state index in [4.69, 9.17) is 10.5 Å². The van der Waals surface area contributed by atoms with E-state index in [0.717, 1.165) is 12.8 Å². The fourth-order valence-corrected chi connectivity index (χ4v) is 3.63. The second-order valence-electron chi connectivity index (χ2n) is 6.93. The molecule has 2 atom stereocenters. The highest BCUT2D eigenvalue weighted by molar-refractivity contribution is 5.94. The fraction of sp³-hybridized carbons (Fsp3) is 0.611. The number of nitrogens with one attached hydrogen (secondary N) is 1. The largest absolute Gasteiger partial charge is 0.384 e. The molecule has 8 heteroatoms. The Bertz CT molecular complexity index is 647. The van der Waals surface area contributed by atoms with Crippen LogP contribution in [0, 0.1) is 0 Å². The SMILES string of the molecule is CN1[C@@H](CC(=O)N2CCOCC2)CC[C@H]1CNC(=O)c1ccnc(N)c1. The normalized spacial score (nSPS) is 23.8. The minimum Gasteiger partial charge on any atom is -0.384 e. The molecular weight excluding hydrogens is 334 g/mol. The van der Waals surface area contributed by atoms with Crippen molar-refractivity contribution in [2.75, 3.05) is 45.6 Å². The molecule has 1 aromatic heterocycles. The Labute approximate surface area is 153 Å². The number of carbonyl (C=O) groups excluding carboxylic acids is 2. The summed E-state index contributed by atoms with van der Waals surface area (Å²) in [7, 11) is 2.03. The predicted octanol–water partition coefficient (Wildman–Crippen LogP) is 0.105. The number of ether oxygens (including phenoxy) is 1. The molecule has 3 heterocycles. The van der Waals surface area contributed by atoms with Crippen LogP contribution in [0.25, 0.3) is 0 Å². The number of carbonyl (C=O) groups is 2. The lowest BCUT2D eigenvalue weighted by Crippen LogP contribution is -2.45. The molecule has 26 heavy (non-hydrogen) atoms. The zero-order valence-corrected chi connectivity index (χ0v) is 15.2. The molecule has 2 saturated heterocycles. The zero-order chi connectivity index (χ0) is 18.5. The van der Waals surface area contributed by atoms with Gasteiger partial charge in [-0.25, -0.2) is 4.98 Å². The van der Waals surface area contributed by atoms with E-state index in [-0.39, 0.29) is 23.9 Å². The molecule has 0 radical (unpaired) electrons. The van der Waals surface area contributed by atoms with Gasteiger partial charge in [0.15, 0.2) is 0 Å². The molecule has 2 aliphatic heterocycles. The van der Waals surface area contributed by atoms with Gasteiger partial charge in [0.2, 0.25) is 5.91 Å². The average molecular weight is 361 g/mol. The molecule has 0 spiro atoms. The number of rotatable bonds is 5. The quantitative estimate of drug-likeness (QED) is 0.772. The number of amides is 2. The lowest BCUT2D eigenvalue weighted by molar-refractivity contribution is -0.136. The van der Waals surface area contributed by atoms with E-state index >= 15 is 0 Å². The van der Waals surface area contributed by atoms with Gasteiger partial charge >= 0.3 is 0 Å². The lowest BCUT2D eigenvalue weighted by atomic mass is 10.1. The minimum atomic E-state index is -0.152. The Hall–Kier alpha value is -2.19. The van der Waals surface area contributed by atoms with Crippen molar-refractivity contribution in [3.05, 3.63) is 23.9 Å². The highest BCUT2D eigenvalue weighted by atomic mass is 16.5. The van der Waals surface area contributed by atoms with Gasteiger partial charge in [0.05, 0.1) is 13.2 Å². The number of likely N-dealkylation sites (tertiary alicyclic amines) is 1. The average Bonchev–Trinajstić information content (AvgIpc) is 3.00. The van der Waals surface area contributed by atoms with Crippen molar-refractivity contribution in [3.8, 4) is 0 Å². The monoisotopic (exact) mass is 361 g/mol. The van der Waals surface area contributed by atoms with E-state index < -0.39 is 0 Å². The van der Waals surface area contributed by atoms with Crippen molar-refractivity contribution in [1.82, 2.24) is 20.1 Å². The standard InChI is InChI=1S/C18H27N5O3/c1-22-14(11-17(24)23-6-8-26-9-7-23)2-3-15(22)12-21-18(25)13-4-5-20-16(19)10-13/h4-5,10,14-15H,2-3,6-9,11-12H2,1H3,(H2,19,20)(H,21,25)/t14-,15+/m1/s1. The second kappa shape index (κ2) is 8.46. The summed E-state index contributed by atoms with van der Waals surface area (Å²) >= 11 is 0. The summed E-state index contributed by atoms with van der Waals surface area (Å²) in [6.45, 7) is 3.17. The Morgan fingerprint density at radius 1 is 1.31 bits per heavy atom. The summed E-state index contributed by atoms with van der Waals surface area (Å²) < 4.78 is 5.30. The number of likely N-dealkylation sites (N-methyl/N-ethyl adjacent to an activating group) is 1. The van der Waals surface area contributed by atoms with Crippen LogP contribution >= 0.6 is 0 Å². The molecule has 2 aliphatic rings. The first-order valence-corrected chi connectivity index (χ1v) is 9.12. The zero-order valence-electron chi connectivity index (χ0n) is 15.2. The van der Waals surface area contributed by atoms with Crippen LogP contribution in [-0.2, 0) is 9.53 Å². The summed E-state index contributed by atoms with van der Waals surface area (Å²) in [6.07, 6.45) is 3.99. The second-order valence-corrected chi connectivity index (χ2v) is 6.93. The van der Waals surface area contributed by atoms with Crippen molar-refractivity contribution >= 4 is 17.6 Å². The third kappa shape index (κ3) is 4.50. The number of nitrogens with two attached hydrogens (primary N) is 1. The van der Waals surface area contributed by atoms with E-state index in [1.807, 2.05) is 11.9 Å². The summed E-state index contributed by atoms with van der Waals surface area (Å²) in [4.78, 5) is 32.7. The maximum absolute atomic E-state index is 12.4. The van der Waals surface area contributed by atoms with E-state index in [2.05, 4.69) is 15.2 Å². The van der Waals surface area contributed by atoms with Gasteiger partial charge < -0.3 is 20.7 Å². The van der Waals surface area contributed by atoms with Gasteiger partial charge in [0, 0.05) is 49.9 Å². The van der Waals surface area contributed by atoms with Crippen molar-refractivity contribution in [2.24, 2.45) is 0 Å². The first-order valence-electron chi connectivity index (χ1n) is 9.12. The van der Waals surface area contributed by atoms with Gasteiger partial charge in [0.1, 0.15) is 5.82 Å². The number of nitrogen functional groups attached to an aromatic ring is 1. The molecule has 2 amide bonds. The van der Waals surface area contributed by atoms with Gasteiger partial charge in [-0.1, -0.05) is 0 Å². The van der Waals surface area contributed by atoms with Gasteiger partial charge in [-0.05, 0) is 32.0 Å². The number of hydrogen-bond donors (Lipinski definition) is 2. The highest BCUT2D eigenvalue weighted by Crippen LogP contribution is 2.25. The van der Waals surface area contributed by atoms with E-state index in [9.17, 15) is 9.59 Å². The number of morpholine rings is 1. The third-order valence-corrected chi connectivity index (χ3v) is 5.30. The number of pyridine rings is 1. The molecule has 3 N–H and O–H groups in total. The molecule has 8 nitrogen and oxygen atoms in total. The topological polar surface area (TPSA) is 101 Å². The minimum absolute atomic E-state index is 0.152. The smallest absolute Gasteiger partial charge is 0.251 e.